The normalized spacial score (nSPS) is 11.7. The third-order valence-corrected chi connectivity index (χ3v) is 11.8. The molecule has 0 aliphatic heterocycles. The summed E-state index contributed by atoms with van der Waals surface area (Å²) in [5.41, 5.74) is 16.6. The lowest BCUT2D eigenvalue weighted by atomic mass is 10.0. The van der Waals surface area contributed by atoms with E-state index in [1.54, 1.807) is 0 Å². The summed E-state index contributed by atoms with van der Waals surface area (Å²) in [4.78, 5) is 7.65. The van der Waals surface area contributed by atoms with Crippen LogP contribution in [0.25, 0.3) is 83.3 Å². The summed E-state index contributed by atoms with van der Waals surface area (Å²) in [6.45, 7) is 0. The summed E-state index contributed by atoms with van der Waals surface area (Å²) in [5.74, 6) is 0.869. The average molecular weight is 768 g/mol. The van der Waals surface area contributed by atoms with E-state index < -0.39 is 0 Å². The van der Waals surface area contributed by atoms with Crippen LogP contribution < -0.4 is 4.90 Å². The van der Waals surface area contributed by atoms with E-state index in [9.17, 15) is 0 Å². The van der Waals surface area contributed by atoms with E-state index in [1.807, 2.05) is 0 Å². The molecule has 60 heavy (non-hydrogen) atoms. The van der Waals surface area contributed by atoms with Gasteiger partial charge in [0.1, 0.15) is 0 Å². The van der Waals surface area contributed by atoms with Crippen molar-refractivity contribution in [2.45, 2.75) is 0 Å². The number of hydrogen-bond donors (Lipinski definition) is 0. The zero-order valence-electron chi connectivity index (χ0n) is 32.6. The molecule has 0 saturated heterocycles. The van der Waals surface area contributed by atoms with Gasteiger partial charge in [0.05, 0.1) is 38.8 Å². The summed E-state index contributed by atoms with van der Waals surface area (Å²) in [5, 5.41) is 2.49. The zero-order chi connectivity index (χ0) is 39.6. The fourth-order valence-electron chi connectivity index (χ4n) is 9.07. The Labute approximate surface area is 346 Å². The first-order chi connectivity index (χ1) is 29.8. The molecular weight excluding hydrogens is 731 g/mol. The Morgan fingerprint density at radius 3 is 1.40 bits per heavy atom. The first kappa shape index (κ1) is 33.9. The van der Waals surface area contributed by atoms with Gasteiger partial charge in [0, 0.05) is 33.5 Å². The molecule has 0 aliphatic carbocycles. The Morgan fingerprint density at radius 2 is 0.800 bits per heavy atom. The summed E-state index contributed by atoms with van der Waals surface area (Å²) in [6.07, 6.45) is 0. The van der Waals surface area contributed by atoms with Gasteiger partial charge in [-0.05, 0) is 107 Å². The molecule has 0 N–H and O–H groups in total. The first-order valence-electron chi connectivity index (χ1n) is 20.4. The summed E-state index contributed by atoms with van der Waals surface area (Å²) < 4.78 is 7.00. The van der Waals surface area contributed by atoms with Gasteiger partial charge in [0.2, 0.25) is 5.78 Å². The summed E-state index contributed by atoms with van der Waals surface area (Å²) in [7, 11) is 0. The molecule has 0 atom stereocenters. The molecule has 9 aromatic carbocycles. The number of benzene rings is 9. The van der Waals surface area contributed by atoms with Crippen LogP contribution in [-0.4, -0.2) is 18.5 Å². The lowest BCUT2D eigenvalue weighted by Crippen LogP contribution is -2.10. The number of rotatable bonds is 7. The minimum absolute atomic E-state index is 0.869. The number of para-hydroxylation sites is 4. The second kappa shape index (κ2) is 13.8. The van der Waals surface area contributed by atoms with Crippen molar-refractivity contribution in [3.63, 3.8) is 0 Å². The molecule has 0 unspecified atom stereocenters. The molecule has 0 bridgehead atoms. The minimum atomic E-state index is 0.869. The highest BCUT2D eigenvalue weighted by Gasteiger charge is 2.21. The maximum atomic E-state index is 5.29. The molecule has 3 heterocycles. The van der Waals surface area contributed by atoms with E-state index in [2.05, 4.69) is 243 Å². The molecule has 0 spiro atoms. The van der Waals surface area contributed by atoms with Crippen molar-refractivity contribution in [2.75, 3.05) is 4.90 Å². The van der Waals surface area contributed by atoms with Crippen LogP contribution in [0.4, 0.5) is 17.1 Å². The van der Waals surface area contributed by atoms with E-state index in [-0.39, 0.29) is 0 Å². The van der Waals surface area contributed by atoms with Crippen molar-refractivity contribution >= 4 is 66.7 Å². The molecule has 0 fully saturated rings. The fourth-order valence-corrected chi connectivity index (χ4v) is 9.07. The van der Waals surface area contributed by atoms with Crippen LogP contribution >= 0.6 is 0 Å². The van der Waals surface area contributed by atoms with E-state index in [4.69, 9.17) is 4.98 Å². The van der Waals surface area contributed by atoms with Gasteiger partial charge in [-0.3, -0.25) is 8.97 Å². The van der Waals surface area contributed by atoms with Crippen molar-refractivity contribution in [2.24, 2.45) is 0 Å². The lowest BCUT2D eigenvalue weighted by Gasteiger charge is -2.26. The highest BCUT2D eigenvalue weighted by Crippen LogP contribution is 2.40. The molecule has 0 saturated carbocycles. The van der Waals surface area contributed by atoms with Crippen molar-refractivity contribution in [3.05, 3.63) is 224 Å². The lowest BCUT2D eigenvalue weighted by molar-refractivity contribution is 1.09. The zero-order valence-corrected chi connectivity index (χ0v) is 32.6. The smallest absolute Gasteiger partial charge is 0.220 e. The van der Waals surface area contributed by atoms with E-state index in [1.165, 1.54) is 44.1 Å². The molecule has 3 aromatic heterocycles. The standard InChI is InChI=1S/C55H37N5/c1-3-14-38(15-4-1)40-26-30-42(31-27-40)57(43-32-28-41(29-33-43)39-16-5-2-6-17-39)46-34-35-53-54(37-46)60-52-25-12-9-22-49(52)56-55(60)59(53)45-19-13-18-44(36-45)58-50-23-10-7-20-47(50)48-21-8-11-24-51(48)58/h1-37H. The van der Waals surface area contributed by atoms with Crippen LogP contribution in [0.15, 0.2) is 224 Å². The number of anilines is 3. The molecule has 5 heteroatoms. The maximum absolute atomic E-state index is 5.29. The second-order valence-electron chi connectivity index (χ2n) is 15.3. The third kappa shape index (κ3) is 5.44. The predicted octanol–water partition coefficient (Wildman–Crippen LogP) is 14.3. The maximum Gasteiger partial charge on any atom is 0.220 e. The SMILES string of the molecule is c1ccc(-c2ccc(N(c3ccc(-c4ccccc4)cc3)c3ccc4c(c3)n3c5ccccc5nc3n4-c3cccc(-n4c5ccccc5c5ccccc54)c3)cc2)cc1. The van der Waals surface area contributed by atoms with Crippen LogP contribution in [0.3, 0.4) is 0 Å². The van der Waals surface area contributed by atoms with Crippen molar-refractivity contribution in [1.82, 2.24) is 18.5 Å². The Kier molecular flexibility index (Phi) is 7.78. The molecule has 12 rings (SSSR count). The summed E-state index contributed by atoms with van der Waals surface area (Å²) in [6, 6.07) is 80.3. The number of nitrogens with zero attached hydrogens (tertiary/aromatic N) is 5. The van der Waals surface area contributed by atoms with Gasteiger partial charge < -0.3 is 9.47 Å². The average Bonchev–Trinajstić information content (AvgIpc) is 3.97. The van der Waals surface area contributed by atoms with E-state index in [0.717, 1.165) is 56.3 Å². The molecule has 12 aromatic rings. The molecule has 0 aliphatic rings. The highest BCUT2D eigenvalue weighted by atomic mass is 15.2. The molecule has 282 valence electrons. The Morgan fingerprint density at radius 1 is 0.317 bits per heavy atom. The summed E-state index contributed by atoms with van der Waals surface area (Å²) >= 11 is 0. The molecule has 0 radical (unpaired) electrons. The van der Waals surface area contributed by atoms with Gasteiger partial charge in [-0.15, -0.1) is 0 Å². The van der Waals surface area contributed by atoms with Gasteiger partial charge in [0.25, 0.3) is 0 Å². The largest absolute Gasteiger partial charge is 0.310 e. The molecule has 5 nitrogen and oxygen atoms in total. The van der Waals surface area contributed by atoms with Gasteiger partial charge in [-0.1, -0.05) is 140 Å². The highest BCUT2D eigenvalue weighted by molar-refractivity contribution is 6.09. The second-order valence-corrected chi connectivity index (χ2v) is 15.3. The van der Waals surface area contributed by atoms with E-state index >= 15 is 0 Å². The Bertz CT molecular complexity index is 3390. The number of imidazole rings is 2. The van der Waals surface area contributed by atoms with Crippen LogP contribution in [0, 0.1) is 0 Å². The minimum Gasteiger partial charge on any atom is -0.310 e. The van der Waals surface area contributed by atoms with Gasteiger partial charge in [0.15, 0.2) is 0 Å². The van der Waals surface area contributed by atoms with Crippen LogP contribution in [0.2, 0.25) is 0 Å². The number of hydrogen-bond acceptors (Lipinski definition) is 2. The first-order valence-corrected chi connectivity index (χ1v) is 20.4. The molecular formula is C55H37N5. The Hall–Kier alpha value is -8.15. The topological polar surface area (TPSA) is 30.4 Å². The van der Waals surface area contributed by atoms with Crippen molar-refractivity contribution < 1.29 is 0 Å². The van der Waals surface area contributed by atoms with Crippen LogP contribution in [-0.2, 0) is 0 Å². The monoisotopic (exact) mass is 767 g/mol. The number of aromatic nitrogens is 4. The van der Waals surface area contributed by atoms with Gasteiger partial charge in [-0.25, -0.2) is 4.98 Å². The number of fused-ring (bicyclic) bond motifs is 8. The van der Waals surface area contributed by atoms with Crippen LogP contribution in [0.5, 0.6) is 0 Å². The van der Waals surface area contributed by atoms with Crippen LogP contribution in [0.1, 0.15) is 0 Å². The predicted molar refractivity (Wildman–Crippen MR) is 249 cm³/mol. The Balaban J connectivity index is 1.05. The third-order valence-electron chi connectivity index (χ3n) is 11.8. The van der Waals surface area contributed by atoms with Crippen molar-refractivity contribution in [1.29, 1.82) is 0 Å². The molecule has 0 amide bonds. The fraction of sp³-hybridized carbons (Fsp3) is 0. The van der Waals surface area contributed by atoms with Crippen molar-refractivity contribution in [3.8, 4) is 33.6 Å². The van der Waals surface area contributed by atoms with Gasteiger partial charge in [-0.2, -0.15) is 0 Å². The van der Waals surface area contributed by atoms with E-state index in [0.29, 0.717) is 0 Å². The quantitative estimate of drug-likeness (QED) is 0.162. The van der Waals surface area contributed by atoms with Gasteiger partial charge >= 0.3 is 0 Å².